The quantitative estimate of drug-likeness (QED) is 0.284. The Balaban J connectivity index is 2.30. The number of rotatable bonds is 9. The van der Waals surface area contributed by atoms with Crippen LogP contribution in [0.25, 0.3) is 0 Å². The molecule has 1 aliphatic rings. The third-order valence-corrected chi connectivity index (χ3v) is 3.92. The molecule has 0 radical (unpaired) electrons. The molecule has 1 fully saturated rings. The highest BCUT2D eigenvalue weighted by Gasteiger charge is 2.64. The van der Waals surface area contributed by atoms with Crippen LogP contribution >= 0.6 is 0 Å². The summed E-state index contributed by atoms with van der Waals surface area (Å²) in [6.45, 7) is 1.87. The van der Waals surface area contributed by atoms with Gasteiger partial charge in [0.15, 0.2) is 11.9 Å². The van der Waals surface area contributed by atoms with Crippen molar-refractivity contribution in [3.63, 3.8) is 0 Å². The van der Waals surface area contributed by atoms with Gasteiger partial charge < -0.3 is 30.3 Å². The van der Waals surface area contributed by atoms with Gasteiger partial charge in [-0.05, 0) is 6.42 Å². The smallest absolute Gasteiger partial charge is 0.186 e. The molecule has 6 nitrogen and oxygen atoms in total. The van der Waals surface area contributed by atoms with Crippen LogP contribution in [0, 0.1) is 5.92 Å². The molecule has 0 spiro atoms. The molecule has 19 heavy (non-hydrogen) atoms. The lowest BCUT2D eigenvalue weighted by Gasteiger charge is -2.54. The zero-order valence-electron chi connectivity index (χ0n) is 11.4. The van der Waals surface area contributed by atoms with Gasteiger partial charge in [-0.1, -0.05) is 32.6 Å². The molecule has 0 aromatic carbocycles. The summed E-state index contributed by atoms with van der Waals surface area (Å²) in [5, 5.41) is 47.8. The van der Waals surface area contributed by atoms with E-state index in [-0.39, 0.29) is 6.61 Å². The normalized spacial score (nSPS) is 36.0. The molecule has 0 aromatic heterocycles. The van der Waals surface area contributed by atoms with Crippen LogP contribution in [0.5, 0.6) is 0 Å². The van der Waals surface area contributed by atoms with Crippen LogP contribution in [0.2, 0.25) is 0 Å². The maximum Gasteiger partial charge on any atom is 0.186 e. The van der Waals surface area contributed by atoms with Gasteiger partial charge in [0.1, 0.15) is 6.10 Å². The first-order valence-corrected chi connectivity index (χ1v) is 6.99. The van der Waals surface area contributed by atoms with Gasteiger partial charge in [-0.3, -0.25) is 0 Å². The van der Waals surface area contributed by atoms with Gasteiger partial charge in [0.25, 0.3) is 0 Å². The average molecular weight is 278 g/mol. The largest absolute Gasteiger partial charge is 0.396 e. The van der Waals surface area contributed by atoms with Crippen molar-refractivity contribution in [1.82, 2.24) is 0 Å². The van der Waals surface area contributed by atoms with E-state index in [2.05, 4.69) is 6.92 Å². The van der Waals surface area contributed by atoms with E-state index in [1.807, 2.05) is 0 Å². The van der Waals surface area contributed by atoms with Crippen molar-refractivity contribution in [3.05, 3.63) is 0 Å². The van der Waals surface area contributed by atoms with Crippen molar-refractivity contribution in [1.29, 1.82) is 0 Å². The summed E-state index contributed by atoms with van der Waals surface area (Å²) < 4.78 is 5.10. The third-order valence-electron chi connectivity index (χ3n) is 3.92. The fraction of sp³-hybridized carbons (Fsp3) is 1.00. The Morgan fingerprint density at radius 1 is 1.16 bits per heavy atom. The van der Waals surface area contributed by atoms with Gasteiger partial charge in [0.05, 0.1) is 12.7 Å². The molecule has 0 saturated heterocycles. The third kappa shape index (κ3) is 3.45. The molecule has 1 saturated carbocycles. The molecule has 114 valence electrons. The lowest BCUT2D eigenvalue weighted by Crippen LogP contribution is -2.76. The zero-order valence-corrected chi connectivity index (χ0v) is 11.4. The number of hydrogen-bond donors (Lipinski definition) is 5. The van der Waals surface area contributed by atoms with Crippen molar-refractivity contribution in [2.45, 2.75) is 63.1 Å². The predicted molar refractivity (Wildman–Crippen MR) is 68.3 cm³/mol. The fourth-order valence-corrected chi connectivity index (χ4v) is 2.49. The highest BCUT2D eigenvalue weighted by Crippen LogP contribution is 2.41. The van der Waals surface area contributed by atoms with Crippen molar-refractivity contribution < 1.29 is 30.3 Å². The molecular weight excluding hydrogens is 252 g/mol. The van der Waals surface area contributed by atoms with Gasteiger partial charge in [0, 0.05) is 12.5 Å². The maximum atomic E-state index is 10.1. The monoisotopic (exact) mass is 278 g/mol. The molecule has 5 N–H and O–H groups in total. The lowest BCUT2D eigenvalue weighted by molar-refractivity contribution is -0.347. The first kappa shape index (κ1) is 16.8. The SMILES string of the molecule is CCCCCCCO[C@@H](O)C1(O)C(O)[C@H](O)C1CO. The Bertz CT molecular complexity index is 262. The zero-order chi connectivity index (χ0) is 14.5. The Morgan fingerprint density at radius 2 is 1.79 bits per heavy atom. The van der Waals surface area contributed by atoms with Crippen molar-refractivity contribution in [3.8, 4) is 0 Å². The van der Waals surface area contributed by atoms with Crippen LogP contribution in [-0.2, 0) is 4.74 Å². The molecule has 0 heterocycles. The molecule has 0 aliphatic heterocycles. The lowest BCUT2D eigenvalue weighted by atomic mass is 9.64. The minimum Gasteiger partial charge on any atom is -0.396 e. The highest BCUT2D eigenvalue weighted by molar-refractivity contribution is 5.12. The van der Waals surface area contributed by atoms with E-state index in [0.29, 0.717) is 0 Å². The summed E-state index contributed by atoms with van der Waals surface area (Å²) in [4.78, 5) is 0. The second kappa shape index (κ2) is 7.52. The van der Waals surface area contributed by atoms with Crippen LogP contribution in [0.3, 0.4) is 0 Å². The number of hydrogen-bond acceptors (Lipinski definition) is 6. The molecule has 0 aromatic rings. The summed E-state index contributed by atoms with van der Waals surface area (Å²) in [5.41, 5.74) is -1.99. The molecule has 5 atom stereocenters. The van der Waals surface area contributed by atoms with Crippen LogP contribution in [0.4, 0.5) is 0 Å². The number of unbranched alkanes of at least 4 members (excludes halogenated alkanes) is 4. The first-order valence-electron chi connectivity index (χ1n) is 6.99. The standard InChI is InChI=1S/C13H26O6/c1-2-3-4-5-6-7-19-12(17)13(18)9(8-14)10(15)11(13)16/h9-12,14-18H,2-8H2,1H3/t9?,10-,11?,12-,13?/m1/s1. The van der Waals surface area contributed by atoms with E-state index in [4.69, 9.17) is 9.84 Å². The second-order valence-electron chi connectivity index (χ2n) is 5.25. The Kier molecular flexibility index (Phi) is 6.65. The van der Waals surface area contributed by atoms with Gasteiger partial charge in [-0.15, -0.1) is 0 Å². The average Bonchev–Trinajstić information content (AvgIpc) is 2.42. The van der Waals surface area contributed by atoms with E-state index in [0.717, 1.165) is 32.1 Å². The Labute approximate surface area is 113 Å². The van der Waals surface area contributed by atoms with Crippen molar-refractivity contribution in [2.24, 2.45) is 5.92 Å². The summed E-state index contributed by atoms with van der Waals surface area (Å²) in [6.07, 6.45) is 0.797. The molecule has 1 rings (SSSR count). The Hall–Kier alpha value is -0.240. The summed E-state index contributed by atoms with van der Waals surface area (Å²) in [6, 6.07) is 0. The van der Waals surface area contributed by atoms with E-state index in [1.165, 1.54) is 0 Å². The second-order valence-corrected chi connectivity index (χ2v) is 5.25. The van der Waals surface area contributed by atoms with Gasteiger partial charge >= 0.3 is 0 Å². The minimum absolute atomic E-state index is 0.272. The van der Waals surface area contributed by atoms with E-state index in [1.54, 1.807) is 0 Å². The number of aliphatic hydroxyl groups is 5. The van der Waals surface area contributed by atoms with E-state index in [9.17, 15) is 20.4 Å². The minimum atomic E-state index is -1.99. The van der Waals surface area contributed by atoms with Crippen LogP contribution in [-0.4, -0.2) is 62.8 Å². The van der Waals surface area contributed by atoms with Crippen molar-refractivity contribution >= 4 is 0 Å². The molecule has 0 bridgehead atoms. The van der Waals surface area contributed by atoms with E-state index >= 15 is 0 Å². The highest BCUT2D eigenvalue weighted by atomic mass is 16.6. The van der Waals surface area contributed by atoms with Crippen molar-refractivity contribution in [2.75, 3.05) is 13.2 Å². The summed E-state index contributed by atoms with van der Waals surface area (Å²) in [7, 11) is 0. The van der Waals surface area contributed by atoms with Gasteiger partial charge in [-0.2, -0.15) is 0 Å². The Morgan fingerprint density at radius 3 is 2.37 bits per heavy atom. The molecule has 3 unspecified atom stereocenters. The maximum absolute atomic E-state index is 10.1. The summed E-state index contributed by atoms with van der Waals surface area (Å²) >= 11 is 0. The molecular formula is C13H26O6. The fourth-order valence-electron chi connectivity index (χ4n) is 2.49. The van der Waals surface area contributed by atoms with Gasteiger partial charge in [-0.25, -0.2) is 0 Å². The molecule has 1 aliphatic carbocycles. The topological polar surface area (TPSA) is 110 Å². The van der Waals surface area contributed by atoms with E-state index < -0.39 is 36.6 Å². The van der Waals surface area contributed by atoms with Crippen LogP contribution in [0.15, 0.2) is 0 Å². The first-order chi connectivity index (χ1) is 9.00. The molecule has 6 heteroatoms. The van der Waals surface area contributed by atoms with Crippen LogP contribution < -0.4 is 0 Å². The number of aliphatic hydroxyl groups excluding tert-OH is 4. The summed E-state index contributed by atoms with van der Waals surface area (Å²) in [5.74, 6) is -0.988. The van der Waals surface area contributed by atoms with Gasteiger partial charge in [0.2, 0.25) is 0 Å². The number of ether oxygens (including phenoxy) is 1. The predicted octanol–water partition coefficient (Wildman–Crippen LogP) is -0.633. The van der Waals surface area contributed by atoms with Crippen LogP contribution in [0.1, 0.15) is 39.0 Å². The molecule has 0 amide bonds.